The summed E-state index contributed by atoms with van der Waals surface area (Å²) < 4.78 is 1.45. The van der Waals surface area contributed by atoms with E-state index in [9.17, 15) is 14.4 Å². The van der Waals surface area contributed by atoms with Crippen LogP contribution >= 0.6 is 0 Å². The first kappa shape index (κ1) is 15.8. The van der Waals surface area contributed by atoms with Gasteiger partial charge in [0.25, 0.3) is 11.8 Å². The first-order valence-electron chi connectivity index (χ1n) is 7.91. The fraction of sp³-hybridized carbons (Fsp3) is 0.0526. The lowest BCUT2D eigenvalue weighted by molar-refractivity contribution is -0.169. The minimum Gasteiger partial charge on any atom is -0.328 e. The van der Waals surface area contributed by atoms with Crippen LogP contribution in [0.3, 0.4) is 0 Å². The average molecular weight is 347 g/mol. The van der Waals surface area contributed by atoms with E-state index in [1.807, 2.05) is 30.3 Å². The summed E-state index contributed by atoms with van der Waals surface area (Å²) in [6.45, 7) is -0.232. The Morgan fingerprint density at radius 3 is 2.15 bits per heavy atom. The Hall–Kier alpha value is -3.74. The van der Waals surface area contributed by atoms with Gasteiger partial charge in [0.15, 0.2) is 0 Å². The summed E-state index contributed by atoms with van der Waals surface area (Å²) >= 11 is 0. The van der Waals surface area contributed by atoms with Crippen molar-refractivity contribution in [1.82, 2.24) is 14.8 Å². The Morgan fingerprint density at radius 1 is 0.885 bits per heavy atom. The van der Waals surface area contributed by atoms with Crippen molar-refractivity contribution >= 4 is 17.8 Å². The number of imide groups is 1. The van der Waals surface area contributed by atoms with Crippen molar-refractivity contribution in [2.45, 2.75) is 6.54 Å². The zero-order valence-electron chi connectivity index (χ0n) is 13.5. The number of hydrogen-bond acceptors (Lipinski definition) is 5. The van der Waals surface area contributed by atoms with Crippen molar-refractivity contribution in [3.05, 3.63) is 78.0 Å². The van der Waals surface area contributed by atoms with Gasteiger partial charge >= 0.3 is 5.97 Å². The van der Waals surface area contributed by atoms with E-state index in [1.165, 1.54) is 16.8 Å². The van der Waals surface area contributed by atoms with Gasteiger partial charge in [0, 0.05) is 6.20 Å². The molecule has 0 N–H and O–H groups in total. The van der Waals surface area contributed by atoms with Gasteiger partial charge < -0.3 is 4.84 Å². The number of nitrogens with zero attached hydrogens (tertiary/aromatic N) is 3. The van der Waals surface area contributed by atoms with Crippen LogP contribution in [0.5, 0.6) is 0 Å². The van der Waals surface area contributed by atoms with Crippen molar-refractivity contribution in [3.8, 4) is 11.3 Å². The quantitative estimate of drug-likeness (QED) is 0.677. The van der Waals surface area contributed by atoms with Crippen molar-refractivity contribution < 1.29 is 19.2 Å². The van der Waals surface area contributed by atoms with Crippen LogP contribution in [0.25, 0.3) is 11.3 Å². The molecule has 2 amide bonds. The normalized spacial score (nSPS) is 13.0. The molecule has 3 aromatic rings. The fourth-order valence-electron chi connectivity index (χ4n) is 2.82. The van der Waals surface area contributed by atoms with E-state index in [2.05, 4.69) is 5.10 Å². The molecule has 0 fully saturated rings. The minimum absolute atomic E-state index is 0.217. The molecule has 128 valence electrons. The maximum absolute atomic E-state index is 12.3. The molecule has 26 heavy (non-hydrogen) atoms. The van der Waals surface area contributed by atoms with Gasteiger partial charge in [-0.15, -0.1) is 0 Å². The highest BCUT2D eigenvalue weighted by Gasteiger charge is 2.38. The van der Waals surface area contributed by atoms with E-state index in [0.29, 0.717) is 5.06 Å². The molecule has 0 atom stereocenters. The van der Waals surface area contributed by atoms with Crippen molar-refractivity contribution in [2.75, 3.05) is 0 Å². The molecular weight excluding hydrogens is 334 g/mol. The van der Waals surface area contributed by atoms with Gasteiger partial charge in [-0.2, -0.15) is 5.10 Å². The standard InChI is InChI=1S/C19H13N3O4/c23-17(12-21-16(10-11-20-21)13-6-2-1-3-7-13)26-22-18(24)14-8-4-5-9-15(14)19(22)25/h1-11H,12H2. The Balaban J connectivity index is 1.51. The molecule has 0 aliphatic carbocycles. The van der Waals surface area contributed by atoms with E-state index in [-0.39, 0.29) is 17.7 Å². The zero-order chi connectivity index (χ0) is 18.1. The Morgan fingerprint density at radius 2 is 1.50 bits per heavy atom. The predicted octanol–water partition coefficient (Wildman–Crippen LogP) is 2.30. The monoisotopic (exact) mass is 347 g/mol. The Labute approximate surface area is 148 Å². The van der Waals surface area contributed by atoms with Crippen molar-refractivity contribution in [3.63, 3.8) is 0 Å². The molecule has 0 spiro atoms. The molecular formula is C19H13N3O4. The molecule has 0 bridgehead atoms. The van der Waals surface area contributed by atoms with Gasteiger partial charge in [0.05, 0.1) is 16.8 Å². The summed E-state index contributed by atoms with van der Waals surface area (Å²) in [5, 5.41) is 4.61. The summed E-state index contributed by atoms with van der Waals surface area (Å²) in [6.07, 6.45) is 1.57. The van der Waals surface area contributed by atoms with E-state index in [0.717, 1.165) is 11.3 Å². The molecule has 0 saturated heterocycles. The number of aromatic nitrogens is 2. The first-order valence-corrected chi connectivity index (χ1v) is 7.91. The van der Waals surface area contributed by atoms with Crippen LogP contribution in [0.15, 0.2) is 66.9 Å². The number of hydrogen-bond donors (Lipinski definition) is 0. The molecule has 7 nitrogen and oxygen atoms in total. The van der Waals surface area contributed by atoms with Crippen LogP contribution in [-0.4, -0.2) is 32.6 Å². The summed E-state index contributed by atoms with van der Waals surface area (Å²) in [7, 11) is 0. The average Bonchev–Trinajstić information content (AvgIpc) is 3.22. The van der Waals surface area contributed by atoms with E-state index >= 15 is 0 Å². The summed E-state index contributed by atoms with van der Waals surface area (Å²) in [4.78, 5) is 41.8. The predicted molar refractivity (Wildman–Crippen MR) is 90.7 cm³/mol. The van der Waals surface area contributed by atoms with Crippen LogP contribution in [0.2, 0.25) is 0 Å². The molecule has 2 heterocycles. The third-order valence-electron chi connectivity index (χ3n) is 4.01. The molecule has 1 aliphatic heterocycles. The smallest absolute Gasteiger partial charge is 0.328 e. The maximum Gasteiger partial charge on any atom is 0.354 e. The number of hydroxylamine groups is 2. The molecule has 7 heteroatoms. The van der Waals surface area contributed by atoms with Gasteiger partial charge in [-0.1, -0.05) is 47.5 Å². The highest BCUT2D eigenvalue weighted by Crippen LogP contribution is 2.23. The summed E-state index contributed by atoms with van der Waals surface area (Å²) in [5.74, 6) is -2.06. The van der Waals surface area contributed by atoms with E-state index < -0.39 is 17.8 Å². The molecule has 4 rings (SSSR count). The number of rotatable bonds is 4. The largest absolute Gasteiger partial charge is 0.354 e. The van der Waals surface area contributed by atoms with E-state index in [4.69, 9.17) is 4.84 Å². The molecule has 1 aliphatic rings. The summed E-state index contributed by atoms with van der Waals surface area (Å²) in [5.41, 5.74) is 2.05. The lowest BCUT2D eigenvalue weighted by Gasteiger charge is -2.13. The number of fused-ring (bicyclic) bond motifs is 1. The molecule has 2 aromatic carbocycles. The topological polar surface area (TPSA) is 81.5 Å². The zero-order valence-corrected chi connectivity index (χ0v) is 13.5. The maximum atomic E-state index is 12.3. The summed E-state index contributed by atoms with van der Waals surface area (Å²) in [6, 6.07) is 17.5. The second-order valence-corrected chi connectivity index (χ2v) is 5.65. The van der Waals surface area contributed by atoms with Crippen molar-refractivity contribution in [2.24, 2.45) is 0 Å². The second-order valence-electron chi connectivity index (χ2n) is 5.65. The van der Waals surface area contributed by atoms with Gasteiger partial charge in [-0.25, -0.2) is 4.79 Å². The molecule has 0 saturated carbocycles. The lowest BCUT2D eigenvalue weighted by atomic mass is 10.1. The molecule has 0 unspecified atom stereocenters. The number of benzene rings is 2. The number of amides is 2. The van der Waals surface area contributed by atoms with Crippen LogP contribution < -0.4 is 0 Å². The first-order chi connectivity index (χ1) is 12.6. The van der Waals surface area contributed by atoms with Gasteiger partial charge in [0.2, 0.25) is 0 Å². The SMILES string of the molecule is O=C(Cn1nccc1-c1ccccc1)ON1C(=O)c2ccccc2C1=O. The molecule has 1 aromatic heterocycles. The Bertz CT molecular complexity index is 975. The third-order valence-corrected chi connectivity index (χ3v) is 4.01. The second kappa shape index (κ2) is 6.29. The van der Waals surface area contributed by atoms with Gasteiger partial charge in [-0.3, -0.25) is 14.3 Å². The number of carbonyl (C=O) groups is 3. The van der Waals surface area contributed by atoms with Crippen LogP contribution in [0.4, 0.5) is 0 Å². The van der Waals surface area contributed by atoms with Crippen LogP contribution in [0.1, 0.15) is 20.7 Å². The lowest BCUT2D eigenvalue weighted by Crippen LogP contribution is -2.34. The minimum atomic E-state index is -0.764. The van der Waals surface area contributed by atoms with Crippen LogP contribution in [0, 0.1) is 0 Å². The van der Waals surface area contributed by atoms with Crippen molar-refractivity contribution in [1.29, 1.82) is 0 Å². The van der Waals surface area contributed by atoms with Crippen LogP contribution in [-0.2, 0) is 16.2 Å². The Kier molecular flexibility index (Phi) is 3.81. The fourth-order valence-corrected chi connectivity index (χ4v) is 2.82. The van der Waals surface area contributed by atoms with Gasteiger partial charge in [0.1, 0.15) is 6.54 Å². The highest BCUT2D eigenvalue weighted by atomic mass is 16.7. The van der Waals surface area contributed by atoms with E-state index in [1.54, 1.807) is 24.4 Å². The number of carbonyl (C=O) groups excluding carboxylic acids is 3. The highest BCUT2D eigenvalue weighted by molar-refractivity contribution is 6.20. The third kappa shape index (κ3) is 2.65. The van der Waals surface area contributed by atoms with Gasteiger partial charge in [-0.05, 0) is 23.8 Å². The molecule has 0 radical (unpaired) electrons.